The molecule has 4 heteroatoms. The predicted octanol–water partition coefficient (Wildman–Crippen LogP) is 2.83. The third-order valence-corrected chi connectivity index (χ3v) is 3.11. The van der Waals surface area contributed by atoms with Crippen molar-refractivity contribution in [3.8, 4) is 6.07 Å². The summed E-state index contributed by atoms with van der Waals surface area (Å²) in [5.74, 6) is 0. The van der Waals surface area contributed by atoms with E-state index in [2.05, 4.69) is 17.9 Å². The van der Waals surface area contributed by atoms with Crippen LogP contribution in [0.5, 0.6) is 0 Å². The first-order chi connectivity index (χ1) is 8.20. The second kappa shape index (κ2) is 5.39. The van der Waals surface area contributed by atoms with Crippen LogP contribution in [0.1, 0.15) is 18.9 Å². The lowest BCUT2D eigenvalue weighted by molar-refractivity contribution is 0.0821. The Kier molecular flexibility index (Phi) is 3.88. The second-order valence-electron chi connectivity index (χ2n) is 4.25. The fourth-order valence-corrected chi connectivity index (χ4v) is 2.24. The monoisotopic (exact) mass is 250 g/mol. The van der Waals surface area contributed by atoms with Crippen molar-refractivity contribution in [3.63, 3.8) is 0 Å². The molecule has 1 aliphatic rings. The van der Waals surface area contributed by atoms with Crippen molar-refractivity contribution in [1.82, 2.24) is 0 Å². The summed E-state index contributed by atoms with van der Waals surface area (Å²) in [6, 6.07) is 7.60. The SMILES string of the molecule is CC1CN(c2cc(Cl)ccc2C#N)CCCO1. The predicted molar refractivity (Wildman–Crippen MR) is 68.4 cm³/mol. The number of ether oxygens (including phenoxy) is 1. The third kappa shape index (κ3) is 2.91. The van der Waals surface area contributed by atoms with E-state index in [1.54, 1.807) is 12.1 Å². The molecule has 1 atom stereocenters. The number of hydrogen-bond donors (Lipinski definition) is 0. The van der Waals surface area contributed by atoms with E-state index in [1.165, 1.54) is 0 Å². The molecule has 0 saturated carbocycles. The first-order valence-corrected chi connectivity index (χ1v) is 6.14. The number of halogens is 1. The molecule has 0 aliphatic carbocycles. The van der Waals surface area contributed by atoms with E-state index < -0.39 is 0 Å². The van der Waals surface area contributed by atoms with E-state index in [0.29, 0.717) is 10.6 Å². The van der Waals surface area contributed by atoms with Crippen LogP contribution in [0, 0.1) is 11.3 Å². The summed E-state index contributed by atoms with van der Waals surface area (Å²) in [4.78, 5) is 2.18. The van der Waals surface area contributed by atoms with Gasteiger partial charge >= 0.3 is 0 Å². The number of nitriles is 1. The van der Waals surface area contributed by atoms with Crippen molar-refractivity contribution in [2.45, 2.75) is 19.4 Å². The van der Waals surface area contributed by atoms with Gasteiger partial charge in [-0.15, -0.1) is 0 Å². The van der Waals surface area contributed by atoms with Crippen LogP contribution in [0.4, 0.5) is 5.69 Å². The Labute approximate surface area is 107 Å². The lowest BCUT2D eigenvalue weighted by Crippen LogP contribution is -2.30. The van der Waals surface area contributed by atoms with Gasteiger partial charge in [0, 0.05) is 24.7 Å². The molecule has 3 nitrogen and oxygen atoms in total. The number of nitrogens with zero attached hydrogens (tertiary/aromatic N) is 2. The summed E-state index contributed by atoms with van der Waals surface area (Å²) in [6.45, 7) is 4.53. The molecule has 0 aromatic heterocycles. The van der Waals surface area contributed by atoms with Gasteiger partial charge < -0.3 is 9.64 Å². The van der Waals surface area contributed by atoms with Crippen LogP contribution in [-0.4, -0.2) is 25.8 Å². The van der Waals surface area contributed by atoms with E-state index in [0.717, 1.165) is 31.8 Å². The van der Waals surface area contributed by atoms with Crippen molar-refractivity contribution in [2.24, 2.45) is 0 Å². The quantitative estimate of drug-likeness (QED) is 0.769. The number of rotatable bonds is 1. The minimum absolute atomic E-state index is 0.183. The van der Waals surface area contributed by atoms with Crippen LogP contribution >= 0.6 is 11.6 Å². The van der Waals surface area contributed by atoms with E-state index in [4.69, 9.17) is 21.6 Å². The fourth-order valence-electron chi connectivity index (χ4n) is 2.07. The van der Waals surface area contributed by atoms with Crippen LogP contribution in [-0.2, 0) is 4.74 Å². The van der Waals surface area contributed by atoms with Gasteiger partial charge in [0.1, 0.15) is 6.07 Å². The van der Waals surface area contributed by atoms with Crippen molar-refractivity contribution >= 4 is 17.3 Å². The molecule has 1 heterocycles. The largest absolute Gasteiger partial charge is 0.377 e. The zero-order chi connectivity index (χ0) is 12.3. The van der Waals surface area contributed by atoms with Gasteiger partial charge in [0.2, 0.25) is 0 Å². The topological polar surface area (TPSA) is 36.3 Å². The number of hydrogen-bond acceptors (Lipinski definition) is 3. The summed E-state index contributed by atoms with van der Waals surface area (Å²) in [6.07, 6.45) is 1.16. The molecule has 1 unspecified atom stereocenters. The van der Waals surface area contributed by atoms with Gasteiger partial charge in [0.15, 0.2) is 0 Å². The Morgan fingerprint density at radius 3 is 3.12 bits per heavy atom. The molecule has 1 aliphatic heterocycles. The van der Waals surface area contributed by atoms with E-state index >= 15 is 0 Å². The van der Waals surface area contributed by atoms with Crippen molar-refractivity contribution in [1.29, 1.82) is 5.26 Å². The van der Waals surface area contributed by atoms with Gasteiger partial charge in [-0.25, -0.2) is 0 Å². The highest BCUT2D eigenvalue weighted by Gasteiger charge is 2.18. The standard InChI is InChI=1S/C13H15ClN2O/c1-10-9-16(5-2-6-17-10)13-7-12(14)4-3-11(13)8-15/h3-4,7,10H,2,5-6,9H2,1H3. The van der Waals surface area contributed by atoms with Crippen molar-refractivity contribution < 1.29 is 4.74 Å². The molecular formula is C13H15ClN2O. The highest BCUT2D eigenvalue weighted by atomic mass is 35.5. The van der Waals surface area contributed by atoms with Gasteiger partial charge in [0.05, 0.1) is 17.4 Å². The highest BCUT2D eigenvalue weighted by molar-refractivity contribution is 6.30. The molecule has 1 aromatic rings. The first kappa shape index (κ1) is 12.2. The number of anilines is 1. The molecule has 0 N–H and O–H groups in total. The van der Waals surface area contributed by atoms with Crippen molar-refractivity contribution in [3.05, 3.63) is 28.8 Å². The zero-order valence-electron chi connectivity index (χ0n) is 9.82. The molecule has 2 rings (SSSR count). The Balaban J connectivity index is 2.31. The zero-order valence-corrected chi connectivity index (χ0v) is 10.6. The average molecular weight is 251 g/mol. The van der Waals surface area contributed by atoms with Crippen molar-refractivity contribution in [2.75, 3.05) is 24.6 Å². The smallest absolute Gasteiger partial charge is 0.101 e. The van der Waals surface area contributed by atoms with Crippen LogP contribution in [0.15, 0.2) is 18.2 Å². The summed E-state index contributed by atoms with van der Waals surface area (Å²) in [5, 5.41) is 9.79. The Hall–Kier alpha value is -1.24. The maximum atomic E-state index is 9.13. The summed E-state index contributed by atoms with van der Waals surface area (Å²) in [7, 11) is 0. The minimum atomic E-state index is 0.183. The summed E-state index contributed by atoms with van der Waals surface area (Å²) >= 11 is 6.00. The maximum absolute atomic E-state index is 9.13. The van der Waals surface area contributed by atoms with E-state index in [1.807, 2.05) is 6.07 Å². The number of benzene rings is 1. The molecular weight excluding hydrogens is 236 g/mol. The van der Waals surface area contributed by atoms with Gasteiger partial charge in [-0.1, -0.05) is 11.6 Å². The van der Waals surface area contributed by atoms with Crippen LogP contribution in [0.2, 0.25) is 5.02 Å². The van der Waals surface area contributed by atoms with Crippen LogP contribution in [0.3, 0.4) is 0 Å². The molecule has 0 amide bonds. The lowest BCUT2D eigenvalue weighted by atomic mass is 10.1. The normalized spacial score (nSPS) is 20.8. The highest BCUT2D eigenvalue weighted by Crippen LogP contribution is 2.26. The summed E-state index contributed by atoms with van der Waals surface area (Å²) < 4.78 is 5.60. The molecule has 0 radical (unpaired) electrons. The minimum Gasteiger partial charge on any atom is -0.377 e. The Bertz CT molecular complexity index is 442. The molecule has 1 fully saturated rings. The average Bonchev–Trinajstić information content (AvgIpc) is 2.54. The Morgan fingerprint density at radius 2 is 2.35 bits per heavy atom. The van der Waals surface area contributed by atoms with Crippen LogP contribution < -0.4 is 4.90 Å². The molecule has 17 heavy (non-hydrogen) atoms. The van der Waals surface area contributed by atoms with E-state index in [9.17, 15) is 0 Å². The fraction of sp³-hybridized carbons (Fsp3) is 0.462. The molecule has 0 bridgehead atoms. The summed E-state index contributed by atoms with van der Waals surface area (Å²) in [5.41, 5.74) is 1.58. The first-order valence-electron chi connectivity index (χ1n) is 5.77. The molecule has 1 aromatic carbocycles. The Morgan fingerprint density at radius 1 is 1.53 bits per heavy atom. The third-order valence-electron chi connectivity index (χ3n) is 2.87. The van der Waals surface area contributed by atoms with Gasteiger partial charge in [-0.3, -0.25) is 0 Å². The van der Waals surface area contributed by atoms with Crippen LogP contribution in [0.25, 0.3) is 0 Å². The second-order valence-corrected chi connectivity index (χ2v) is 4.69. The molecule has 1 saturated heterocycles. The lowest BCUT2D eigenvalue weighted by Gasteiger charge is -2.25. The van der Waals surface area contributed by atoms with Gasteiger partial charge in [-0.05, 0) is 31.5 Å². The van der Waals surface area contributed by atoms with E-state index in [-0.39, 0.29) is 6.10 Å². The molecule has 0 spiro atoms. The maximum Gasteiger partial charge on any atom is 0.101 e. The molecule has 90 valence electrons. The van der Waals surface area contributed by atoms with Gasteiger partial charge in [-0.2, -0.15) is 5.26 Å². The van der Waals surface area contributed by atoms with Gasteiger partial charge in [0.25, 0.3) is 0 Å².